The Morgan fingerprint density at radius 1 is 0.625 bits per heavy atom. The number of carbonyl (C=O) groups is 2. The number of unbranched alkanes of at least 4 members (excludes halogenated alkanes) is 2. The Morgan fingerprint density at radius 3 is 1.62 bits per heavy atom. The van der Waals surface area contributed by atoms with Crippen LogP contribution in [-0.4, -0.2) is 25.2 Å². The second kappa shape index (κ2) is 20.9. The van der Waals surface area contributed by atoms with Gasteiger partial charge in [0.1, 0.15) is 0 Å². The molecule has 0 aliphatic carbocycles. The van der Waals surface area contributed by atoms with Crippen molar-refractivity contribution in [2.24, 2.45) is 23.7 Å². The Labute approximate surface area is 247 Å². The first-order chi connectivity index (χ1) is 19.1. The first kappa shape index (κ1) is 36.2. The lowest BCUT2D eigenvalue weighted by atomic mass is 9.86. The van der Waals surface area contributed by atoms with Crippen molar-refractivity contribution in [3.63, 3.8) is 0 Å². The minimum absolute atomic E-state index is 0.363. The maximum atomic E-state index is 13.7. The van der Waals surface area contributed by atoms with Crippen molar-refractivity contribution in [3.05, 3.63) is 34.4 Å². The molecule has 0 bridgehead atoms. The molecule has 2 unspecified atom stereocenters. The third kappa shape index (κ3) is 14.7. The van der Waals surface area contributed by atoms with Crippen LogP contribution in [0.5, 0.6) is 0 Å². The van der Waals surface area contributed by atoms with Crippen molar-refractivity contribution in [1.29, 1.82) is 0 Å². The average Bonchev–Trinajstić information content (AvgIpc) is 2.89. The third-order valence-electron chi connectivity index (χ3n) is 8.01. The zero-order valence-corrected chi connectivity index (χ0v) is 27.4. The quantitative estimate of drug-likeness (QED) is 0.105. The molecule has 0 aromatic heterocycles. The van der Waals surface area contributed by atoms with Gasteiger partial charge in [-0.3, -0.25) is 0 Å². The molecular weight excluding hydrogens is 496 g/mol. The number of rotatable bonds is 22. The Bertz CT molecular complexity index is 841. The van der Waals surface area contributed by atoms with E-state index in [0.29, 0.717) is 48.0 Å². The molecule has 0 heterocycles. The molecule has 0 spiro atoms. The lowest BCUT2D eigenvalue weighted by Crippen LogP contribution is -2.19. The molecule has 4 heteroatoms. The highest BCUT2D eigenvalue weighted by molar-refractivity contribution is 6.04. The van der Waals surface area contributed by atoms with Gasteiger partial charge in [-0.1, -0.05) is 100.0 Å². The first-order valence-electron chi connectivity index (χ1n) is 16.6. The van der Waals surface area contributed by atoms with Gasteiger partial charge in [0.15, 0.2) is 0 Å². The van der Waals surface area contributed by atoms with E-state index >= 15 is 0 Å². The standard InChI is InChI=1S/C36H62O4/c1-9-15-29(7)19-21-31-22-24-33(35(37)39-25-13-11-17-27(3)4)34(32(31)23-20-30(8)16-10-2)36(38)40-26-14-12-18-28(5)6/h22,24,27-30H,9-21,23,25-26H2,1-8H3. The van der Waals surface area contributed by atoms with Gasteiger partial charge >= 0.3 is 11.9 Å². The van der Waals surface area contributed by atoms with Crippen LogP contribution in [-0.2, 0) is 22.3 Å². The topological polar surface area (TPSA) is 52.6 Å². The molecule has 0 N–H and O–H groups in total. The Kier molecular flexibility index (Phi) is 19.0. The highest BCUT2D eigenvalue weighted by Crippen LogP contribution is 2.28. The molecule has 1 rings (SSSR count). The van der Waals surface area contributed by atoms with Crippen molar-refractivity contribution in [2.75, 3.05) is 13.2 Å². The van der Waals surface area contributed by atoms with Crippen molar-refractivity contribution in [2.45, 2.75) is 145 Å². The smallest absolute Gasteiger partial charge is 0.339 e. The molecule has 40 heavy (non-hydrogen) atoms. The van der Waals surface area contributed by atoms with E-state index in [4.69, 9.17) is 9.47 Å². The molecule has 2 atom stereocenters. The molecule has 0 saturated heterocycles. The lowest BCUT2D eigenvalue weighted by molar-refractivity contribution is 0.0448. The molecular formula is C36H62O4. The minimum Gasteiger partial charge on any atom is -0.462 e. The van der Waals surface area contributed by atoms with Gasteiger partial charge in [0.25, 0.3) is 0 Å². The molecule has 0 aliphatic rings. The summed E-state index contributed by atoms with van der Waals surface area (Å²) in [6.07, 6.45) is 14.5. The van der Waals surface area contributed by atoms with Gasteiger partial charge in [-0.15, -0.1) is 0 Å². The molecule has 0 amide bonds. The summed E-state index contributed by atoms with van der Waals surface area (Å²) in [5, 5.41) is 0. The zero-order chi connectivity index (χ0) is 29.9. The number of aryl methyl sites for hydroxylation is 1. The summed E-state index contributed by atoms with van der Waals surface area (Å²) in [4.78, 5) is 27.0. The number of esters is 2. The predicted octanol–water partition coefficient (Wildman–Crippen LogP) is 10.4. The van der Waals surface area contributed by atoms with E-state index in [1.165, 1.54) is 18.4 Å². The van der Waals surface area contributed by atoms with E-state index in [1.807, 2.05) is 6.07 Å². The maximum absolute atomic E-state index is 13.7. The summed E-state index contributed by atoms with van der Waals surface area (Å²) in [5.74, 6) is 1.71. The van der Waals surface area contributed by atoms with E-state index < -0.39 is 5.97 Å². The van der Waals surface area contributed by atoms with Crippen LogP contribution in [0.4, 0.5) is 0 Å². The third-order valence-corrected chi connectivity index (χ3v) is 8.01. The fraction of sp³-hybridized carbons (Fsp3) is 0.778. The zero-order valence-electron chi connectivity index (χ0n) is 27.4. The van der Waals surface area contributed by atoms with E-state index in [0.717, 1.165) is 82.6 Å². The molecule has 0 fully saturated rings. The molecule has 1 aromatic rings. The molecule has 0 aliphatic heterocycles. The molecule has 4 nitrogen and oxygen atoms in total. The van der Waals surface area contributed by atoms with Crippen molar-refractivity contribution in [1.82, 2.24) is 0 Å². The summed E-state index contributed by atoms with van der Waals surface area (Å²) in [6, 6.07) is 3.90. The van der Waals surface area contributed by atoms with Crippen LogP contribution in [0.1, 0.15) is 164 Å². The average molecular weight is 559 g/mol. The van der Waals surface area contributed by atoms with E-state index in [2.05, 4.69) is 61.5 Å². The van der Waals surface area contributed by atoms with Gasteiger partial charge in [-0.2, -0.15) is 0 Å². The number of carbonyl (C=O) groups excluding carboxylic acids is 2. The second-order valence-electron chi connectivity index (χ2n) is 13.0. The first-order valence-corrected chi connectivity index (χ1v) is 16.6. The minimum atomic E-state index is -0.398. The Hall–Kier alpha value is -1.84. The summed E-state index contributed by atoms with van der Waals surface area (Å²) >= 11 is 0. The number of benzene rings is 1. The summed E-state index contributed by atoms with van der Waals surface area (Å²) < 4.78 is 11.6. The van der Waals surface area contributed by atoms with Crippen molar-refractivity contribution < 1.29 is 19.1 Å². The van der Waals surface area contributed by atoms with Crippen LogP contribution < -0.4 is 0 Å². The normalized spacial score (nSPS) is 13.1. The van der Waals surface area contributed by atoms with Crippen LogP contribution in [0.15, 0.2) is 12.1 Å². The number of hydrogen-bond acceptors (Lipinski definition) is 4. The Morgan fingerprint density at radius 2 is 1.12 bits per heavy atom. The van der Waals surface area contributed by atoms with E-state index in [-0.39, 0.29) is 5.97 Å². The van der Waals surface area contributed by atoms with Crippen LogP contribution >= 0.6 is 0 Å². The fourth-order valence-electron chi connectivity index (χ4n) is 5.47. The van der Waals surface area contributed by atoms with Gasteiger partial charge < -0.3 is 9.47 Å². The lowest BCUT2D eigenvalue weighted by Gasteiger charge is -2.20. The van der Waals surface area contributed by atoms with Gasteiger partial charge in [0, 0.05) is 0 Å². The van der Waals surface area contributed by atoms with Gasteiger partial charge in [0.05, 0.1) is 24.3 Å². The second-order valence-corrected chi connectivity index (χ2v) is 13.0. The van der Waals surface area contributed by atoms with Gasteiger partial charge in [-0.05, 0) is 92.2 Å². The van der Waals surface area contributed by atoms with Gasteiger partial charge in [-0.25, -0.2) is 9.59 Å². The summed E-state index contributed by atoms with van der Waals surface area (Å²) in [6.45, 7) is 18.7. The molecule has 230 valence electrons. The van der Waals surface area contributed by atoms with E-state index in [1.54, 1.807) is 0 Å². The predicted molar refractivity (Wildman–Crippen MR) is 169 cm³/mol. The maximum Gasteiger partial charge on any atom is 0.339 e. The van der Waals surface area contributed by atoms with Crippen molar-refractivity contribution >= 4 is 11.9 Å². The van der Waals surface area contributed by atoms with Crippen LogP contribution in [0.25, 0.3) is 0 Å². The monoisotopic (exact) mass is 558 g/mol. The van der Waals surface area contributed by atoms with Crippen LogP contribution in [0.2, 0.25) is 0 Å². The van der Waals surface area contributed by atoms with Gasteiger partial charge in [0.2, 0.25) is 0 Å². The largest absolute Gasteiger partial charge is 0.462 e. The number of ether oxygens (including phenoxy) is 2. The molecule has 1 aromatic carbocycles. The van der Waals surface area contributed by atoms with Crippen LogP contribution in [0.3, 0.4) is 0 Å². The SMILES string of the molecule is CCCC(C)CCc1ccc(C(=O)OCCCCC(C)C)c(C(=O)OCCCCC(C)C)c1CCC(C)CCC. The van der Waals surface area contributed by atoms with Crippen LogP contribution in [0, 0.1) is 23.7 Å². The summed E-state index contributed by atoms with van der Waals surface area (Å²) in [5.41, 5.74) is 3.03. The fourth-order valence-corrected chi connectivity index (χ4v) is 5.47. The molecule has 0 radical (unpaired) electrons. The number of hydrogen-bond donors (Lipinski definition) is 0. The van der Waals surface area contributed by atoms with E-state index in [9.17, 15) is 9.59 Å². The highest BCUT2D eigenvalue weighted by Gasteiger charge is 2.26. The highest BCUT2D eigenvalue weighted by atomic mass is 16.5. The Balaban J connectivity index is 3.28. The van der Waals surface area contributed by atoms with Crippen molar-refractivity contribution in [3.8, 4) is 0 Å². The molecule has 0 saturated carbocycles. The summed E-state index contributed by atoms with van der Waals surface area (Å²) in [7, 11) is 0.